The molecule has 1 aromatic heterocycles. The van der Waals surface area contributed by atoms with Crippen LogP contribution in [0.15, 0.2) is 4.34 Å². The van der Waals surface area contributed by atoms with E-state index < -0.39 is 9.84 Å². The minimum Gasteiger partial charge on any atom is -0.357 e. The summed E-state index contributed by atoms with van der Waals surface area (Å²) in [6, 6.07) is 0.234. The summed E-state index contributed by atoms with van der Waals surface area (Å²) >= 11 is 2.80. The van der Waals surface area contributed by atoms with Crippen molar-refractivity contribution in [2.45, 2.75) is 54.9 Å². The second-order valence-electron chi connectivity index (χ2n) is 6.31. The highest BCUT2D eigenvalue weighted by molar-refractivity contribution is 8.01. The number of carbonyl (C=O) groups excluding carboxylic acids is 1. The molecule has 10 heteroatoms. The second-order valence-corrected chi connectivity index (χ2v) is 10.7. The van der Waals surface area contributed by atoms with Gasteiger partial charge in [-0.1, -0.05) is 42.4 Å². The number of hydrogen-bond acceptors (Lipinski definition) is 8. The van der Waals surface area contributed by atoms with Crippen LogP contribution in [0.4, 0.5) is 5.13 Å². The van der Waals surface area contributed by atoms with Gasteiger partial charge in [0.15, 0.2) is 14.2 Å². The highest BCUT2D eigenvalue weighted by Crippen LogP contribution is 2.28. The van der Waals surface area contributed by atoms with Crippen LogP contribution in [0.3, 0.4) is 0 Å². The zero-order valence-corrected chi connectivity index (χ0v) is 15.8. The summed E-state index contributed by atoms with van der Waals surface area (Å²) in [4.78, 5) is 11.9. The summed E-state index contributed by atoms with van der Waals surface area (Å²) in [6.45, 7) is 0. The third-order valence-electron chi connectivity index (χ3n) is 4.26. The Morgan fingerprint density at radius 1 is 1.17 bits per heavy atom. The lowest BCUT2D eigenvalue weighted by Crippen LogP contribution is -2.36. The second kappa shape index (κ2) is 8.01. The normalized spacial score (nSPS) is 23.9. The van der Waals surface area contributed by atoms with Gasteiger partial charge in [-0.25, -0.2) is 8.42 Å². The molecule has 0 radical (unpaired) electrons. The van der Waals surface area contributed by atoms with Crippen LogP contribution in [0.2, 0.25) is 0 Å². The van der Waals surface area contributed by atoms with Crippen LogP contribution in [-0.2, 0) is 14.6 Å². The van der Waals surface area contributed by atoms with Gasteiger partial charge in [-0.2, -0.15) is 0 Å². The first-order valence-electron chi connectivity index (χ1n) is 8.23. The van der Waals surface area contributed by atoms with Gasteiger partial charge in [0.2, 0.25) is 11.0 Å². The molecule has 1 saturated carbocycles. The lowest BCUT2D eigenvalue weighted by molar-refractivity contribution is -0.119. The molecule has 0 aromatic carbocycles. The van der Waals surface area contributed by atoms with Crippen molar-refractivity contribution < 1.29 is 13.2 Å². The highest BCUT2D eigenvalue weighted by Gasteiger charge is 2.28. The molecule has 7 nitrogen and oxygen atoms in total. The van der Waals surface area contributed by atoms with Crippen molar-refractivity contribution in [3.05, 3.63) is 0 Å². The molecular formula is C14H22N4O3S3. The Balaban J connectivity index is 1.41. The van der Waals surface area contributed by atoms with Crippen LogP contribution in [-0.4, -0.2) is 53.9 Å². The lowest BCUT2D eigenvalue weighted by Gasteiger charge is -2.21. The Kier molecular flexibility index (Phi) is 5.98. The predicted octanol–water partition coefficient (Wildman–Crippen LogP) is 1.68. The van der Waals surface area contributed by atoms with Crippen LogP contribution < -0.4 is 10.6 Å². The van der Waals surface area contributed by atoms with E-state index in [1.54, 1.807) is 0 Å². The molecule has 0 unspecified atom stereocenters. The van der Waals surface area contributed by atoms with Gasteiger partial charge in [0.25, 0.3) is 0 Å². The van der Waals surface area contributed by atoms with Gasteiger partial charge < -0.3 is 10.6 Å². The number of sulfone groups is 1. The van der Waals surface area contributed by atoms with Gasteiger partial charge in [-0.15, -0.1) is 10.2 Å². The maximum absolute atomic E-state index is 11.9. The Morgan fingerprint density at radius 2 is 1.96 bits per heavy atom. The summed E-state index contributed by atoms with van der Waals surface area (Å²) in [5.41, 5.74) is 0. The monoisotopic (exact) mass is 390 g/mol. The topological polar surface area (TPSA) is 101 Å². The van der Waals surface area contributed by atoms with E-state index in [4.69, 9.17) is 0 Å². The van der Waals surface area contributed by atoms with E-state index in [9.17, 15) is 13.2 Å². The van der Waals surface area contributed by atoms with Crippen LogP contribution in [0.1, 0.15) is 38.5 Å². The zero-order chi connectivity index (χ0) is 17.0. The van der Waals surface area contributed by atoms with E-state index >= 15 is 0 Å². The first kappa shape index (κ1) is 17.9. The maximum Gasteiger partial charge on any atom is 0.230 e. The molecule has 2 heterocycles. The molecule has 1 saturated heterocycles. The van der Waals surface area contributed by atoms with Gasteiger partial charge in [-0.05, 0) is 19.3 Å². The van der Waals surface area contributed by atoms with Gasteiger partial charge >= 0.3 is 0 Å². The van der Waals surface area contributed by atoms with Crippen molar-refractivity contribution in [2.75, 3.05) is 22.6 Å². The Morgan fingerprint density at radius 3 is 2.67 bits per heavy atom. The van der Waals surface area contributed by atoms with Gasteiger partial charge in [-0.3, -0.25) is 4.79 Å². The van der Waals surface area contributed by atoms with Crippen molar-refractivity contribution in [1.29, 1.82) is 0 Å². The van der Waals surface area contributed by atoms with Crippen molar-refractivity contribution in [3.63, 3.8) is 0 Å². The standard InChI is InChI=1S/C14H22N4O3S3/c19-12(15-11-6-7-24(20,21)9-11)8-22-14-18-17-13(23-14)16-10-4-2-1-3-5-10/h10-11H,1-9H2,(H,15,19)(H,16,17)/t11-/m0/s1. The summed E-state index contributed by atoms with van der Waals surface area (Å²) in [5, 5.41) is 15.2. The van der Waals surface area contributed by atoms with Crippen LogP contribution in [0.25, 0.3) is 0 Å². The molecule has 2 aliphatic rings. The molecule has 0 spiro atoms. The molecule has 0 bridgehead atoms. The number of thioether (sulfide) groups is 1. The largest absolute Gasteiger partial charge is 0.357 e. The van der Waals surface area contributed by atoms with Crippen molar-refractivity contribution in [1.82, 2.24) is 15.5 Å². The van der Waals surface area contributed by atoms with E-state index in [2.05, 4.69) is 20.8 Å². The third kappa shape index (κ3) is 5.32. The van der Waals surface area contributed by atoms with Gasteiger partial charge in [0.05, 0.1) is 17.3 Å². The first-order chi connectivity index (χ1) is 11.5. The first-order valence-corrected chi connectivity index (χ1v) is 11.9. The summed E-state index contributed by atoms with van der Waals surface area (Å²) in [7, 11) is -2.97. The molecule has 2 N–H and O–H groups in total. The van der Waals surface area contributed by atoms with E-state index in [0.29, 0.717) is 12.5 Å². The van der Waals surface area contributed by atoms with Crippen molar-refractivity contribution >= 4 is 44.0 Å². The van der Waals surface area contributed by atoms with Crippen LogP contribution >= 0.6 is 23.1 Å². The maximum atomic E-state index is 11.9. The number of amides is 1. The average Bonchev–Trinajstić information content (AvgIpc) is 3.12. The lowest BCUT2D eigenvalue weighted by atomic mass is 9.96. The SMILES string of the molecule is O=C(CSc1nnc(NC2CCCCC2)s1)N[C@H]1CCS(=O)(=O)C1. The number of nitrogens with one attached hydrogen (secondary N) is 2. The van der Waals surface area contributed by atoms with E-state index in [1.165, 1.54) is 55.2 Å². The fourth-order valence-electron chi connectivity index (χ4n) is 3.05. The smallest absolute Gasteiger partial charge is 0.230 e. The fraction of sp³-hybridized carbons (Fsp3) is 0.786. The van der Waals surface area contributed by atoms with Gasteiger partial charge in [0.1, 0.15) is 0 Å². The Labute approximate surface area is 150 Å². The molecule has 3 rings (SSSR count). The number of carbonyl (C=O) groups is 1. The molecule has 1 amide bonds. The van der Waals surface area contributed by atoms with Crippen LogP contribution in [0.5, 0.6) is 0 Å². The summed E-state index contributed by atoms with van der Waals surface area (Å²) < 4.78 is 23.5. The molecule has 1 aliphatic heterocycles. The summed E-state index contributed by atoms with van der Waals surface area (Å²) in [6.07, 6.45) is 6.69. The number of hydrogen-bond donors (Lipinski definition) is 2. The molecule has 2 fully saturated rings. The fourth-order valence-corrected chi connectivity index (χ4v) is 6.37. The average molecular weight is 391 g/mol. The molecule has 1 atom stereocenters. The highest BCUT2D eigenvalue weighted by atomic mass is 32.2. The molecule has 24 heavy (non-hydrogen) atoms. The quantitative estimate of drug-likeness (QED) is 0.713. The van der Waals surface area contributed by atoms with Crippen molar-refractivity contribution in [2.24, 2.45) is 0 Å². The van der Waals surface area contributed by atoms with Crippen molar-refractivity contribution in [3.8, 4) is 0 Å². The number of nitrogens with zero attached hydrogens (tertiary/aromatic N) is 2. The van der Waals surface area contributed by atoms with E-state index in [-0.39, 0.29) is 29.2 Å². The number of rotatable bonds is 6. The molecular weight excluding hydrogens is 368 g/mol. The molecule has 1 aromatic rings. The predicted molar refractivity (Wildman–Crippen MR) is 96.3 cm³/mol. The minimum absolute atomic E-state index is 0.0532. The zero-order valence-electron chi connectivity index (χ0n) is 13.4. The molecule has 1 aliphatic carbocycles. The minimum atomic E-state index is -2.97. The number of aromatic nitrogens is 2. The Bertz CT molecular complexity index is 671. The van der Waals surface area contributed by atoms with Gasteiger partial charge in [0, 0.05) is 12.1 Å². The molecule has 134 valence electrons. The van der Waals surface area contributed by atoms with Crippen LogP contribution in [0, 0.1) is 0 Å². The number of anilines is 1. The third-order valence-corrected chi connectivity index (χ3v) is 8.02. The van der Waals surface area contributed by atoms with E-state index in [1.807, 2.05) is 0 Å². The summed E-state index contributed by atoms with van der Waals surface area (Å²) in [5.74, 6) is 0.295. The van der Waals surface area contributed by atoms with E-state index in [0.717, 1.165) is 9.47 Å². The Hall–Kier alpha value is -0.870.